The molecule has 0 spiro atoms. The normalized spacial score (nSPS) is 11.3. The van der Waals surface area contributed by atoms with Crippen LogP contribution in [0.2, 0.25) is 0 Å². The molecule has 1 aromatic heterocycles. The maximum Gasteiger partial charge on any atom is 0.257 e. The van der Waals surface area contributed by atoms with Crippen molar-refractivity contribution in [3.05, 3.63) is 96.2 Å². The zero-order chi connectivity index (χ0) is 22.2. The predicted molar refractivity (Wildman–Crippen MR) is 129 cm³/mol. The molecule has 0 aliphatic heterocycles. The number of aromatic nitrogens is 1. The fourth-order valence-corrected chi connectivity index (χ4v) is 3.48. The average molecular weight is 427 g/mol. The molecule has 0 saturated heterocycles. The summed E-state index contributed by atoms with van der Waals surface area (Å²) in [5.74, 6) is 0.858. The van der Waals surface area contributed by atoms with Crippen LogP contribution in [0.3, 0.4) is 0 Å². The predicted octanol–water partition coefficient (Wildman–Crippen LogP) is 5.01. The molecule has 3 N–H and O–H groups in total. The number of carbonyl (C=O) groups is 1. The Balaban J connectivity index is 1.54. The van der Waals surface area contributed by atoms with Gasteiger partial charge in [-0.3, -0.25) is 15.1 Å². The first-order valence-corrected chi connectivity index (χ1v) is 10.7. The number of guanidine groups is 1. The minimum atomic E-state index is -0.224. The largest absolute Gasteiger partial charge is 0.492 e. The molecule has 4 aromatic rings. The molecule has 0 fully saturated rings. The summed E-state index contributed by atoms with van der Waals surface area (Å²) >= 11 is 0. The van der Waals surface area contributed by atoms with Gasteiger partial charge < -0.3 is 15.0 Å². The van der Waals surface area contributed by atoms with Crippen LogP contribution < -0.4 is 15.4 Å². The van der Waals surface area contributed by atoms with E-state index in [0.717, 1.165) is 17.6 Å². The summed E-state index contributed by atoms with van der Waals surface area (Å²) < 4.78 is 5.70. The van der Waals surface area contributed by atoms with Gasteiger partial charge >= 0.3 is 0 Å². The zero-order valence-corrected chi connectivity index (χ0v) is 18.0. The Kier molecular flexibility index (Phi) is 6.82. The molecule has 3 aromatic carbocycles. The van der Waals surface area contributed by atoms with E-state index in [1.165, 1.54) is 10.9 Å². The fourth-order valence-electron chi connectivity index (χ4n) is 3.48. The molecule has 4 rings (SSSR count). The van der Waals surface area contributed by atoms with Gasteiger partial charge in [0.1, 0.15) is 5.75 Å². The lowest BCUT2D eigenvalue weighted by atomic mass is 10.1. The van der Waals surface area contributed by atoms with E-state index in [1.807, 2.05) is 67.7 Å². The number of nitrogens with one attached hydrogen (secondary N) is 3. The van der Waals surface area contributed by atoms with Crippen molar-refractivity contribution in [3.63, 3.8) is 0 Å². The second kappa shape index (κ2) is 10.3. The monoisotopic (exact) mass is 426 g/mol. The number of anilines is 1. The van der Waals surface area contributed by atoms with Crippen LogP contribution in [0.5, 0.6) is 5.75 Å². The molecule has 162 valence electrons. The molecule has 6 nitrogen and oxygen atoms in total. The van der Waals surface area contributed by atoms with Gasteiger partial charge in [-0.2, -0.15) is 0 Å². The molecule has 0 saturated carbocycles. The van der Waals surface area contributed by atoms with Gasteiger partial charge in [0.2, 0.25) is 5.96 Å². The third-order valence-corrected chi connectivity index (χ3v) is 5.03. The standard InChI is InChI=1S/C26H26N4O2/c1-2-32-24-15-9-8-14-23(24)29-26(30-25(31)19-10-4-3-5-11-19)27-17-16-20-18-28-22-13-7-6-12-21(20)22/h3-15,18,28H,2,16-17H2,1H3,(H2,27,29,30,31). The maximum atomic E-state index is 12.8. The van der Waals surface area contributed by atoms with Crippen LogP contribution in [0.15, 0.2) is 90.1 Å². The van der Waals surface area contributed by atoms with Crippen LogP contribution in [0.25, 0.3) is 10.9 Å². The summed E-state index contributed by atoms with van der Waals surface area (Å²) in [5, 5.41) is 7.33. The van der Waals surface area contributed by atoms with Gasteiger partial charge in [-0.25, -0.2) is 0 Å². The van der Waals surface area contributed by atoms with E-state index >= 15 is 0 Å². The number of rotatable bonds is 7. The van der Waals surface area contributed by atoms with Crippen molar-refractivity contribution in [1.29, 1.82) is 0 Å². The quantitative estimate of drug-likeness (QED) is 0.287. The van der Waals surface area contributed by atoms with Gasteiger partial charge in [-0.05, 0) is 49.2 Å². The first-order chi connectivity index (χ1) is 15.7. The van der Waals surface area contributed by atoms with Crippen LogP contribution in [0.1, 0.15) is 22.8 Å². The number of hydrogen-bond acceptors (Lipinski definition) is 3. The Morgan fingerprint density at radius 2 is 1.72 bits per heavy atom. The summed E-state index contributed by atoms with van der Waals surface area (Å²) in [7, 11) is 0. The van der Waals surface area contributed by atoms with E-state index in [4.69, 9.17) is 4.74 Å². The number of H-pyrrole nitrogens is 1. The van der Waals surface area contributed by atoms with E-state index in [-0.39, 0.29) is 5.91 Å². The molecule has 0 aliphatic carbocycles. The fraction of sp³-hybridized carbons (Fsp3) is 0.154. The zero-order valence-electron chi connectivity index (χ0n) is 18.0. The number of carbonyl (C=O) groups excluding carboxylic acids is 1. The van der Waals surface area contributed by atoms with E-state index in [2.05, 4.69) is 32.7 Å². The van der Waals surface area contributed by atoms with Gasteiger partial charge in [-0.1, -0.05) is 48.5 Å². The minimum Gasteiger partial charge on any atom is -0.492 e. The molecule has 0 bridgehead atoms. The van der Waals surface area contributed by atoms with E-state index in [9.17, 15) is 4.79 Å². The molecule has 0 radical (unpaired) electrons. The van der Waals surface area contributed by atoms with Crippen molar-refractivity contribution in [2.45, 2.75) is 13.3 Å². The van der Waals surface area contributed by atoms with Crippen molar-refractivity contribution < 1.29 is 9.53 Å². The van der Waals surface area contributed by atoms with Crippen LogP contribution >= 0.6 is 0 Å². The summed E-state index contributed by atoms with van der Waals surface area (Å²) in [6.07, 6.45) is 2.75. The highest BCUT2D eigenvalue weighted by molar-refractivity contribution is 6.10. The highest BCUT2D eigenvalue weighted by atomic mass is 16.5. The van der Waals surface area contributed by atoms with Gasteiger partial charge in [0.05, 0.1) is 12.3 Å². The van der Waals surface area contributed by atoms with Crippen LogP contribution in [0.4, 0.5) is 5.69 Å². The number of para-hydroxylation sites is 3. The van der Waals surface area contributed by atoms with Gasteiger partial charge in [0.25, 0.3) is 5.91 Å². The SMILES string of the molecule is CCOc1ccccc1NC(=NCCc1c[nH]c2ccccc12)NC(=O)c1ccccc1. The minimum absolute atomic E-state index is 0.224. The van der Waals surface area contributed by atoms with Crippen molar-refractivity contribution >= 4 is 28.5 Å². The Morgan fingerprint density at radius 3 is 2.56 bits per heavy atom. The Labute approximate surface area is 187 Å². The number of hydrogen-bond donors (Lipinski definition) is 3. The van der Waals surface area contributed by atoms with Gasteiger partial charge in [0, 0.05) is 29.2 Å². The molecule has 6 heteroatoms. The second-order valence-corrected chi connectivity index (χ2v) is 7.21. The third kappa shape index (κ3) is 5.16. The highest BCUT2D eigenvalue weighted by Crippen LogP contribution is 2.23. The first-order valence-electron chi connectivity index (χ1n) is 10.7. The molecule has 0 atom stereocenters. The number of benzene rings is 3. The molecule has 1 amide bonds. The lowest BCUT2D eigenvalue weighted by Crippen LogP contribution is -2.36. The Morgan fingerprint density at radius 1 is 0.969 bits per heavy atom. The van der Waals surface area contributed by atoms with Crippen LogP contribution in [-0.2, 0) is 6.42 Å². The summed E-state index contributed by atoms with van der Waals surface area (Å²) in [6.45, 7) is 2.99. The Bertz CT molecular complexity index is 1210. The highest BCUT2D eigenvalue weighted by Gasteiger charge is 2.11. The number of nitrogens with zero attached hydrogens (tertiary/aromatic N) is 1. The van der Waals surface area contributed by atoms with Crippen molar-refractivity contribution in [2.24, 2.45) is 4.99 Å². The molecular weight excluding hydrogens is 400 g/mol. The number of aromatic amines is 1. The van der Waals surface area contributed by atoms with E-state index < -0.39 is 0 Å². The van der Waals surface area contributed by atoms with E-state index in [1.54, 1.807) is 12.1 Å². The van der Waals surface area contributed by atoms with Gasteiger partial charge in [0.15, 0.2) is 0 Å². The summed E-state index contributed by atoms with van der Waals surface area (Å²) in [5.41, 5.74) is 3.60. The summed E-state index contributed by atoms with van der Waals surface area (Å²) in [6, 6.07) is 24.9. The molecule has 1 heterocycles. The van der Waals surface area contributed by atoms with Crippen molar-refractivity contribution in [3.8, 4) is 5.75 Å². The lowest BCUT2D eigenvalue weighted by molar-refractivity contribution is 0.0977. The molecular formula is C26H26N4O2. The van der Waals surface area contributed by atoms with E-state index in [0.29, 0.717) is 30.4 Å². The van der Waals surface area contributed by atoms with Crippen molar-refractivity contribution in [1.82, 2.24) is 10.3 Å². The second-order valence-electron chi connectivity index (χ2n) is 7.21. The summed E-state index contributed by atoms with van der Waals surface area (Å²) in [4.78, 5) is 20.7. The third-order valence-electron chi connectivity index (χ3n) is 5.03. The molecule has 0 aliphatic rings. The van der Waals surface area contributed by atoms with Crippen molar-refractivity contribution in [2.75, 3.05) is 18.5 Å². The number of ether oxygens (including phenoxy) is 1. The number of fused-ring (bicyclic) bond motifs is 1. The number of aliphatic imine (C=N–C) groups is 1. The topological polar surface area (TPSA) is 78.5 Å². The van der Waals surface area contributed by atoms with Crippen LogP contribution in [-0.4, -0.2) is 30.0 Å². The van der Waals surface area contributed by atoms with Crippen LogP contribution in [0, 0.1) is 0 Å². The average Bonchev–Trinajstić information content (AvgIpc) is 3.24. The number of amides is 1. The first kappa shape index (κ1) is 21.2. The maximum absolute atomic E-state index is 12.8. The smallest absolute Gasteiger partial charge is 0.257 e. The lowest BCUT2D eigenvalue weighted by Gasteiger charge is -2.15. The van der Waals surface area contributed by atoms with Gasteiger partial charge in [-0.15, -0.1) is 0 Å². The Hall–Kier alpha value is -4.06. The molecule has 32 heavy (non-hydrogen) atoms. The molecule has 0 unspecified atom stereocenters.